The maximum atomic E-state index is 13.5. The molecule has 10 heteroatoms. The summed E-state index contributed by atoms with van der Waals surface area (Å²) < 4.78 is 50.4. The van der Waals surface area contributed by atoms with Gasteiger partial charge in [0.2, 0.25) is 0 Å². The number of aromatic nitrogens is 2. The van der Waals surface area contributed by atoms with Gasteiger partial charge in [-0.3, -0.25) is 4.79 Å². The molecule has 5 rings (SSSR count). The van der Waals surface area contributed by atoms with E-state index >= 15 is 0 Å². The Bertz CT molecular complexity index is 1340. The minimum atomic E-state index is -3.51. The average Bonchev–Trinajstić information content (AvgIpc) is 3.35. The first kappa shape index (κ1) is 22.5. The quantitative estimate of drug-likeness (QED) is 0.533. The van der Waals surface area contributed by atoms with E-state index in [0.29, 0.717) is 32.1 Å². The van der Waals surface area contributed by atoms with Crippen LogP contribution in [0.2, 0.25) is 0 Å². The number of halogens is 1. The molecule has 3 aromatic rings. The summed E-state index contributed by atoms with van der Waals surface area (Å²) >= 11 is 0. The number of hydrogen-bond acceptors (Lipinski definition) is 6. The first-order valence-corrected chi connectivity index (χ1v) is 12.7. The third-order valence-corrected chi connectivity index (χ3v) is 7.15. The Labute approximate surface area is 196 Å². The number of fused-ring (bicyclic) bond motifs is 1. The van der Waals surface area contributed by atoms with Crippen LogP contribution >= 0.6 is 0 Å². The fourth-order valence-corrected chi connectivity index (χ4v) is 4.66. The van der Waals surface area contributed by atoms with Crippen molar-refractivity contribution in [1.29, 1.82) is 0 Å². The number of benzene rings is 2. The molecule has 0 unspecified atom stereocenters. The van der Waals surface area contributed by atoms with Crippen molar-refractivity contribution in [2.45, 2.75) is 24.9 Å². The summed E-state index contributed by atoms with van der Waals surface area (Å²) in [7, 11) is -3.51. The lowest BCUT2D eigenvalue weighted by Gasteiger charge is -2.37. The molecule has 0 N–H and O–H groups in total. The Morgan fingerprint density at radius 1 is 1.18 bits per heavy atom. The lowest BCUT2D eigenvalue weighted by molar-refractivity contribution is -0.120. The third-order valence-electron chi connectivity index (χ3n) is 6.04. The Kier molecular flexibility index (Phi) is 5.44. The highest BCUT2D eigenvalue weighted by molar-refractivity contribution is 7.90. The van der Waals surface area contributed by atoms with Crippen LogP contribution in [0.1, 0.15) is 28.5 Å². The molecule has 2 aliphatic rings. The number of carbonyl (C=O) groups excluding carboxylic acids is 1. The van der Waals surface area contributed by atoms with Crippen molar-refractivity contribution in [3.05, 3.63) is 71.3 Å². The molecular formula is C24H24FN3O5S. The molecule has 8 nitrogen and oxygen atoms in total. The second kappa shape index (κ2) is 8.21. The first-order chi connectivity index (χ1) is 16.1. The molecule has 0 aliphatic carbocycles. The highest BCUT2D eigenvalue weighted by atomic mass is 32.2. The smallest absolute Gasteiger partial charge is 0.258 e. The van der Waals surface area contributed by atoms with Crippen LogP contribution in [0.3, 0.4) is 0 Å². The van der Waals surface area contributed by atoms with E-state index in [2.05, 4.69) is 5.10 Å². The fourth-order valence-electron chi connectivity index (χ4n) is 4.01. The van der Waals surface area contributed by atoms with Gasteiger partial charge in [0.1, 0.15) is 11.6 Å². The molecule has 178 valence electrons. The van der Waals surface area contributed by atoms with E-state index in [1.54, 1.807) is 21.7 Å². The lowest BCUT2D eigenvalue weighted by atomic mass is 9.90. The van der Waals surface area contributed by atoms with Crippen LogP contribution < -0.4 is 4.74 Å². The largest absolute Gasteiger partial charge is 0.492 e. The number of amides is 1. The van der Waals surface area contributed by atoms with E-state index < -0.39 is 9.84 Å². The Morgan fingerprint density at radius 2 is 1.91 bits per heavy atom. The molecule has 0 radical (unpaired) electrons. The van der Waals surface area contributed by atoms with Gasteiger partial charge in [0.05, 0.1) is 48.2 Å². The molecule has 1 fully saturated rings. The predicted molar refractivity (Wildman–Crippen MR) is 121 cm³/mol. The fraction of sp³-hybridized carbons (Fsp3) is 0.333. The van der Waals surface area contributed by atoms with Crippen molar-refractivity contribution < 1.29 is 27.1 Å². The SMILES string of the molecule is CC1(COc2ccc(S(C)(=O)=O)cc2C(=O)N2Cc3cn(-c4ccc(F)cc4)nc3C2)COC1. The molecule has 2 aliphatic heterocycles. The Balaban J connectivity index is 1.38. The zero-order chi connectivity index (χ0) is 24.1. The van der Waals surface area contributed by atoms with Gasteiger partial charge in [0, 0.05) is 30.0 Å². The molecular weight excluding hydrogens is 461 g/mol. The maximum absolute atomic E-state index is 13.5. The minimum absolute atomic E-state index is 0.0554. The van der Waals surface area contributed by atoms with E-state index in [4.69, 9.17) is 9.47 Å². The molecule has 3 heterocycles. The Hall–Kier alpha value is -3.24. The van der Waals surface area contributed by atoms with Gasteiger partial charge in [-0.25, -0.2) is 17.5 Å². The van der Waals surface area contributed by atoms with Crippen molar-refractivity contribution in [3.63, 3.8) is 0 Å². The first-order valence-electron chi connectivity index (χ1n) is 10.8. The zero-order valence-corrected chi connectivity index (χ0v) is 19.6. The van der Waals surface area contributed by atoms with Crippen molar-refractivity contribution in [2.75, 3.05) is 26.1 Å². The summed E-state index contributed by atoms with van der Waals surface area (Å²) in [6, 6.07) is 10.4. The topological polar surface area (TPSA) is 90.7 Å². The van der Waals surface area contributed by atoms with Crippen LogP contribution in [-0.4, -0.2) is 55.1 Å². The van der Waals surface area contributed by atoms with Gasteiger partial charge in [0.15, 0.2) is 9.84 Å². The second-order valence-electron chi connectivity index (χ2n) is 9.21. The summed E-state index contributed by atoms with van der Waals surface area (Å²) in [6.07, 6.45) is 2.92. The summed E-state index contributed by atoms with van der Waals surface area (Å²) in [5.74, 6) is -0.318. The van der Waals surface area contributed by atoms with Gasteiger partial charge in [-0.15, -0.1) is 0 Å². The second-order valence-corrected chi connectivity index (χ2v) is 11.2. The van der Waals surface area contributed by atoms with Crippen molar-refractivity contribution in [3.8, 4) is 11.4 Å². The summed E-state index contributed by atoms with van der Waals surface area (Å²) in [4.78, 5) is 15.1. The van der Waals surface area contributed by atoms with Crippen LogP contribution in [0.5, 0.6) is 5.75 Å². The number of carbonyl (C=O) groups is 1. The lowest BCUT2D eigenvalue weighted by Crippen LogP contribution is -2.44. The van der Waals surface area contributed by atoms with E-state index in [9.17, 15) is 17.6 Å². The number of hydrogen-bond donors (Lipinski definition) is 0. The maximum Gasteiger partial charge on any atom is 0.258 e. The van der Waals surface area contributed by atoms with E-state index in [-0.39, 0.29) is 34.1 Å². The minimum Gasteiger partial charge on any atom is -0.492 e. The molecule has 0 bridgehead atoms. The van der Waals surface area contributed by atoms with Gasteiger partial charge in [-0.1, -0.05) is 6.92 Å². The number of ether oxygens (including phenoxy) is 2. The van der Waals surface area contributed by atoms with Gasteiger partial charge >= 0.3 is 0 Å². The molecule has 1 amide bonds. The Morgan fingerprint density at radius 3 is 2.53 bits per heavy atom. The standard InChI is InChI=1S/C24H24FN3O5S/c1-24(13-32-14-24)15-33-22-8-7-19(34(2,30)31)9-20(22)23(29)27-10-16-11-28(26-21(16)12-27)18-5-3-17(25)4-6-18/h3-9,11H,10,12-15H2,1-2H3. The predicted octanol–water partition coefficient (Wildman–Crippen LogP) is 2.99. The molecule has 0 saturated carbocycles. The number of rotatable bonds is 6. The summed E-state index contributed by atoms with van der Waals surface area (Å²) in [5.41, 5.74) is 2.39. The summed E-state index contributed by atoms with van der Waals surface area (Å²) in [6.45, 7) is 4.13. The van der Waals surface area contributed by atoms with Crippen LogP contribution in [0.4, 0.5) is 4.39 Å². The molecule has 1 aromatic heterocycles. The van der Waals surface area contributed by atoms with E-state index in [0.717, 1.165) is 23.2 Å². The van der Waals surface area contributed by atoms with Crippen LogP contribution in [0, 0.1) is 11.2 Å². The van der Waals surface area contributed by atoms with Crippen LogP contribution in [0.15, 0.2) is 53.6 Å². The van der Waals surface area contributed by atoms with Crippen molar-refractivity contribution >= 4 is 15.7 Å². The highest BCUT2D eigenvalue weighted by Gasteiger charge is 2.35. The van der Waals surface area contributed by atoms with Gasteiger partial charge in [-0.2, -0.15) is 5.10 Å². The van der Waals surface area contributed by atoms with Crippen LogP contribution in [-0.2, 0) is 27.7 Å². The number of sulfone groups is 1. The summed E-state index contributed by atoms with van der Waals surface area (Å²) in [5, 5.41) is 4.54. The monoisotopic (exact) mass is 485 g/mol. The molecule has 2 aromatic carbocycles. The van der Waals surface area contributed by atoms with Crippen molar-refractivity contribution in [2.24, 2.45) is 5.41 Å². The number of nitrogens with zero attached hydrogens (tertiary/aromatic N) is 3. The van der Waals surface area contributed by atoms with E-state index in [1.165, 1.54) is 30.3 Å². The molecule has 0 spiro atoms. The highest BCUT2D eigenvalue weighted by Crippen LogP contribution is 2.32. The molecule has 1 saturated heterocycles. The van der Waals surface area contributed by atoms with Crippen LogP contribution in [0.25, 0.3) is 5.69 Å². The average molecular weight is 486 g/mol. The van der Waals surface area contributed by atoms with Gasteiger partial charge < -0.3 is 14.4 Å². The molecule has 34 heavy (non-hydrogen) atoms. The van der Waals surface area contributed by atoms with Crippen molar-refractivity contribution in [1.82, 2.24) is 14.7 Å². The van der Waals surface area contributed by atoms with Gasteiger partial charge in [0.25, 0.3) is 5.91 Å². The normalized spacial score (nSPS) is 16.7. The zero-order valence-electron chi connectivity index (χ0n) is 18.8. The van der Waals surface area contributed by atoms with E-state index in [1.807, 2.05) is 13.1 Å². The van der Waals surface area contributed by atoms with Gasteiger partial charge in [-0.05, 0) is 42.5 Å². The third kappa shape index (κ3) is 4.30. The molecule has 0 atom stereocenters.